The van der Waals surface area contributed by atoms with Crippen LogP contribution >= 0.6 is 0 Å². The van der Waals surface area contributed by atoms with Gasteiger partial charge < -0.3 is 19.4 Å². The molecule has 0 bridgehead atoms. The summed E-state index contributed by atoms with van der Waals surface area (Å²) in [5.74, 6) is -0.627. The number of benzene rings is 3. The van der Waals surface area contributed by atoms with Gasteiger partial charge in [-0.1, -0.05) is 60.7 Å². The molecule has 0 saturated heterocycles. The number of methoxy groups -OCH3 is 1. The SMILES string of the molecule is COc1c(C(c2ccccc2)c2ccccc2)oc2cc(O)cc(O)c2c1=O. The highest BCUT2D eigenvalue weighted by Gasteiger charge is 2.27. The van der Waals surface area contributed by atoms with Crippen molar-refractivity contribution in [3.05, 3.63) is 99.9 Å². The van der Waals surface area contributed by atoms with Gasteiger partial charge in [0.05, 0.1) is 13.0 Å². The van der Waals surface area contributed by atoms with Gasteiger partial charge in [-0.25, -0.2) is 0 Å². The summed E-state index contributed by atoms with van der Waals surface area (Å²) >= 11 is 0. The fourth-order valence-corrected chi connectivity index (χ4v) is 3.46. The van der Waals surface area contributed by atoms with Crippen LogP contribution in [0.15, 0.2) is 82.0 Å². The molecule has 1 heterocycles. The second-order valence-corrected chi connectivity index (χ2v) is 6.42. The molecule has 0 amide bonds. The lowest BCUT2D eigenvalue weighted by Gasteiger charge is -2.20. The van der Waals surface area contributed by atoms with Gasteiger partial charge in [-0.15, -0.1) is 0 Å². The quantitative estimate of drug-likeness (QED) is 0.554. The van der Waals surface area contributed by atoms with Crippen LogP contribution in [0.1, 0.15) is 22.8 Å². The van der Waals surface area contributed by atoms with Crippen molar-refractivity contribution >= 4 is 11.0 Å². The lowest BCUT2D eigenvalue weighted by Crippen LogP contribution is -2.13. The minimum Gasteiger partial charge on any atom is -0.508 e. The van der Waals surface area contributed by atoms with Crippen molar-refractivity contribution in [3.63, 3.8) is 0 Å². The first kappa shape index (κ1) is 17.7. The average molecular weight is 374 g/mol. The van der Waals surface area contributed by atoms with E-state index in [0.29, 0.717) is 5.76 Å². The molecule has 1 aromatic heterocycles. The summed E-state index contributed by atoms with van der Waals surface area (Å²) in [5, 5.41) is 20.0. The maximum absolute atomic E-state index is 13.1. The fraction of sp³-hybridized carbons (Fsp3) is 0.0870. The Morgan fingerprint density at radius 2 is 1.46 bits per heavy atom. The maximum atomic E-state index is 13.1. The van der Waals surface area contributed by atoms with E-state index in [2.05, 4.69) is 0 Å². The Kier molecular flexibility index (Phi) is 4.49. The standard InChI is InChI=1S/C23H18O5/c1-27-23-21(26)20-17(25)12-16(24)13-18(20)28-22(23)19(14-8-4-2-5-9-14)15-10-6-3-7-11-15/h2-13,19,24-25H,1H3. The van der Waals surface area contributed by atoms with Crippen LogP contribution in [0, 0.1) is 0 Å². The van der Waals surface area contributed by atoms with Crippen LogP contribution in [0.5, 0.6) is 17.2 Å². The Bertz CT molecular complexity index is 1140. The normalized spacial score (nSPS) is 11.1. The van der Waals surface area contributed by atoms with E-state index in [1.54, 1.807) is 0 Å². The lowest BCUT2D eigenvalue weighted by atomic mass is 9.88. The topological polar surface area (TPSA) is 79.9 Å². The zero-order valence-electron chi connectivity index (χ0n) is 15.1. The second kappa shape index (κ2) is 7.12. The average Bonchev–Trinajstić information content (AvgIpc) is 2.69. The highest BCUT2D eigenvalue weighted by molar-refractivity contribution is 5.86. The van der Waals surface area contributed by atoms with Gasteiger partial charge in [0.25, 0.3) is 0 Å². The van der Waals surface area contributed by atoms with Crippen LogP contribution in [0.2, 0.25) is 0 Å². The predicted octanol–water partition coefficient (Wildman–Crippen LogP) is 4.39. The summed E-state index contributed by atoms with van der Waals surface area (Å²) in [6.07, 6.45) is 0. The number of phenolic OH excluding ortho intramolecular Hbond substituents is 2. The third-order valence-electron chi connectivity index (χ3n) is 4.68. The second-order valence-electron chi connectivity index (χ2n) is 6.42. The van der Waals surface area contributed by atoms with E-state index in [-0.39, 0.29) is 28.2 Å². The van der Waals surface area contributed by atoms with E-state index in [1.807, 2.05) is 60.7 Å². The third-order valence-corrected chi connectivity index (χ3v) is 4.68. The molecular weight excluding hydrogens is 356 g/mol. The zero-order valence-corrected chi connectivity index (χ0v) is 15.1. The Labute approximate surface area is 161 Å². The van der Waals surface area contributed by atoms with E-state index in [4.69, 9.17) is 9.15 Å². The van der Waals surface area contributed by atoms with Crippen LogP contribution in [0.3, 0.4) is 0 Å². The first-order valence-electron chi connectivity index (χ1n) is 8.76. The molecule has 140 valence electrons. The van der Waals surface area contributed by atoms with Gasteiger partial charge in [-0.3, -0.25) is 4.79 Å². The Morgan fingerprint density at radius 3 is 2.00 bits per heavy atom. The lowest BCUT2D eigenvalue weighted by molar-refractivity contribution is 0.374. The first-order valence-corrected chi connectivity index (χ1v) is 8.76. The minimum atomic E-state index is -0.492. The maximum Gasteiger partial charge on any atom is 0.238 e. The predicted molar refractivity (Wildman–Crippen MR) is 106 cm³/mol. The number of hydrogen-bond donors (Lipinski definition) is 2. The van der Waals surface area contributed by atoms with Gasteiger partial charge in [0.2, 0.25) is 11.2 Å². The number of aromatic hydroxyl groups is 2. The molecule has 0 aliphatic heterocycles. The fourth-order valence-electron chi connectivity index (χ4n) is 3.46. The van der Waals surface area contributed by atoms with Crippen LogP contribution in [0.4, 0.5) is 0 Å². The Balaban J connectivity index is 2.08. The number of hydrogen-bond acceptors (Lipinski definition) is 5. The van der Waals surface area contributed by atoms with Gasteiger partial charge in [0.15, 0.2) is 5.76 Å². The first-order chi connectivity index (χ1) is 13.6. The molecule has 5 heteroatoms. The van der Waals surface area contributed by atoms with E-state index < -0.39 is 11.3 Å². The summed E-state index contributed by atoms with van der Waals surface area (Å²) in [6.45, 7) is 0. The number of phenols is 2. The molecule has 0 unspecified atom stereocenters. The molecular formula is C23H18O5. The van der Waals surface area contributed by atoms with Gasteiger partial charge >= 0.3 is 0 Å². The Hall–Kier alpha value is -3.73. The van der Waals surface area contributed by atoms with Gasteiger partial charge in [-0.05, 0) is 11.1 Å². The van der Waals surface area contributed by atoms with Crippen molar-refractivity contribution in [1.29, 1.82) is 0 Å². The Morgan fingerprint density at radius 1 is 0.893 bits per heavy atom. The molecule has 0 aliphatic carbocycles. The van der Waals surface area contributed by atoms with E-state index in [1.165, 1.54) is 13.2 Å². The summed E-state index contributed by atoms with van der Waals surface area (Å²) in [6, 6.07) is 21.7. The van der Waals surface area contributed by atoms with Crippen molar-refractivity contribution in [1.82, 2.24) is 0 Å². The number of ether oxygens (including phenoxy) is 1. The van der Waals surface area contributed by atoms with Crippen LogP contribution in [-0.4, -0.2) is 17.3 Å². The van der Waals surface area contributed by atoms with E-state index in [9.17, 15) is 15.0 Å². The zero-order chi connectivity index (χ0) is 19.7. The molecule has 4 rings (SSSR count). The molecule has 0 fully saturated rings. The minimum absolute atomic E-state index is 0.0196. The smallest absolute Gasteiger partial charge is 0.238 e. The molecule has 2 N–H and O–H groups in total. The highest BCUT2D eigenvalue weighted by Crippen LogP contribution is 2.39. The van der Waals surface area contributed by atoms with E-state index >= 15 is 0 Å². The van der Waals surface area contributed by atoms with Crippen LogP contribution in [-0.2, 0) is 0 Å². The third kappa shape index (κ3) is 2.97. The van der Waals surface area contributed by atoms with Crippen molar-refractivity contribution in [2.24, 2.45) is 0 Å². The van der Waals surface area contributed by atoms with Crippen molar-refractivity contribution < 1.29 is 19.4 Å². The van der Waals surface area contributed by atoms with Gasteiger partial charge in [0, 0.05) is 12.1 Å². The van der Waals surface area contributed by atoms with Crippen LogP contribution in [0.25, 0.3) is 11.0 Å². The van der Waals surface area contributed by atoms with Crippen molar-refractivity contribution in [2.75, 3.05) is 7.11 Å². The van der Waals surface area contributed by atoms with Crippen LogP contribution < -0.4 is 10.2 Å². The monoisotopic (exact) mass is 374 g/mol. The van der Waals surface area contributed by atoms with E-state index in [0.717, 1.165) is 17.2 Å². The molecule has 0 spiro atoms. The summed E-state index contributed by atoms with van der Waals surface area (Å²) in [7, 11) is 1.39. The molecule has 0 saturated carbocycles. The molecule has 3 aromatic carbocycles. The molecule has 5 nitrogen and oxygen atoms in total. The largest absolute Gasteiger partial charge is 0.508 e. The molecule has 0 atom stereocenters. The summed E-state index contributed by atoms with van der Waals surface area (Å²) in [4.78, 5) is 13.1. The van der Waals surface area contributed by atoms with Gasteiger partial charge in [0.1, 0.15) is 22.5 Å². The number of fused-ring (bicyclic) bond motifs is 1. The highest BCUT2D eigenvalue weighted by atomic mass is 16.5. The molecule has 28 heavy (non-hydrogen) atoms. The summed E-state index contributed by atoms with van der Waals surface area (Å²) in [5.41, 5.74) is 1.43. The van der Waals surface area contributed by atoms with Crippen molar-refractivity contribution in [2.45, 2.75) is 5.92 Å². The molecule has 0 aliphatic rings. The van der Waals surface area contributed by atoms with Gasteiger partial charge in [-0.2, -0.15) is 0 Å². The molecule has 4 aromatic rings. The van der Waals surface area contributed by atoms with Crippen molar-refractivity contribution in [3.8, 4) is 17.2 Å². The number of rotatable bonds is 4. The summed E-state index contributed by atoms with van der Waals surface area (Å²) < 4.78 is 11.5. The molecule has 0 radical (unpaired) electrons.